The average Bonchev–Trinajstić information content (AvgIpc) is 2.72. The van der Waals surface area contributed by atoms with E-state index in [1.807, 2.05) is 0 Å². The molecule has 17 heavy (non-hydrogen) atoms. The van der Waals surface area contributed by atoms with Gasteiger partial charge in [0.05, 0.1) is 11.6 Å². The number of nitriles is 1. The smallest absolute Gasteiger partial charge is 0.132 e. The minimum absolute atomic E-state index is 0.357. The quantitative estimate of drug-likeness (QED) is 0.834. The number of rotatable bonds is 3. The van der Waals surface area contributed by atoms with Crippen molar-refractivity contribution in [2.75, 3.05) is 32.0 Å². The minimum Gasteiger partial charge on any atom is -0.370 e. The first kappa shape index (κ1) is 12.2. The molecule has 0 spiro atoms. The lowest BCUT2D eigenvalue weighted by Gasteiger charge is -2.12. The summed E-state index contributed by atoms with van der Waals surface area (Å²) in [4.78, 5) is 6.47. The lowest BCUT2D eigenvalue weighted by Crippen LogP contribution is -2.19. The number of nitrogens with one attached hydrogen (secondary N) is 1. The highest BCUT2D eigenvalue weighted by Crippen LogP contribution is 2.17. The normalized spacial score (nSPS) is 20.2. The van der Waals surface area contributed by atoms with E-state index in [2.05, 4.69) is 28.3 Å². The standard InChI is InChI=1S/C12H15ClN4/c1-17-3-2-9(8-17)7-15-12-5-10(6-14)4-11(13)16-12/h4-5,9H,2-3,7-8H2,1H3,(H,15,16). The van der Waals surface area contributed by atoms with E-state index < -0.39 is 0 Å². The highest BCUT2D eigenvalue weighted by Gasteiger charge is 2.19. The van der Waals surface area contributed by atoms with Gasteiger partial charge in [0, 0.05) is 13.1 Å². The van der Waals surface area contributed by atoms with Gasteiger partial charge in [0.15, 0.2) is 0 Å². The second-order valence-electron chi connectivity index (χ2n) is 4.47. The second-order valence-corrected chi connectivity index (χ2v) is 4.86. The van der Waals surface area contributed by atoms with Crippen LogP contribution in [-0.2, 0) is 0 Å². The summed E-state index contributed by atoms with van der Waals surface area (Å²) >= 11 is 5.84. The monoisotopic (exact) mass is 250 g/mol. The first-order valence-electron chi connectivity index (χ1n) is 5.67. The molecule has 1 aromatic heterocycles. The van der Waals surface area contributed by atoms with Crippen molar-refractivity contribution in [3.8, 4) is 6.07 Å². The first-order chi connectivity index (χ1) is 8.17. The molecule has 0 aromatic carbocycles. The van der Waals surface area contributed by atoms with Gasteiger partial charge in [-0.3, -0.25) is 0 Å². The average molecular weight is 251 g/mol. The molecule has 4 nitrogen and oxygen atoms in total. The molecule has 1 saturated heterocycles. The third kappa shape index (κ3) is 3.32. The van der Waals surface area contributed by atoms with Crippen molar-refractivity contribution in [2.24, 2.45) is 5.92 Å². The van der Waals surface area contributed by atoms with E-state index in [1.165, 1.54) is 6.42 Å². The number of nitrogens with zero attached hydrogens (tertiary/aromatic N) is 3. The fourth-order valence-electron chi connectivity index (χ4n) is 2.09. The minimum atomic E-state index is 0.357. The third-order valence-corrected chi connectivity index (χ3v) is 3.18. The number of hydrogen-bond donors (Lipinski definition) is 1. The SMILES string of the molecule is CN1CCC(CNc2cc(C#N)cc(Cl)n2)C1. The van der Waals surface area contributed by atoms with Crippen molar-refractivity contribution in [2.45, 2.75) is 6.42 Å². The van der Waals surface area contributed by atoms with E-state index in [1.54, 1.807) is 12.1 Å². The number of aromatic nitrogens is 1. The van der Waals surface area contributed by atoms with Crippen molar-refractivity contribution >= 4 is 17.4 Å². The Bertz CT molecular complexity index is 441. The Morgan fingerprint density at radius 3 is 3.12 bits per heavy atom. The van der Waals surface area contributed by atoms with Crippen LogP contribution in [0.3, 0.4) is 0 Å². The second kappa shape index (κ2) is 5.35. The van der Waals surface area contributed by atoms with Crippen LogP contribution in [-0.4, -0.2) is 36.6 Å². The maximum Gasteiger partial charge on any atom is 0.132 e. The largest absolute Gasteiger partial charge is 0.370 e. The summed E-state index contributed by atoms with van der Waals surface area (Å²) in [6, 6.07) is 5.36. The van der Waals surface area contributed by atoms with Gasteiger partial charge >= 0.3 is 0 Å². The maximum atomic E-state index is 8.83. The Morgan fingerprint density at radius 1 is 1.65 bits per heavy atom. The molecule has 1 aliphatic rings. The topological polar surface area (TPSA) is 52.0 Å². The summed E-state index contributed by atoms with van der Waals surface area (Å²) in [6.45, 7) is 3.14. The van der Waals surface area contributed by atoms with Crippen LogP contribution in [0.15, 0.2) is 12.1 Å². The van der Waals surface area contributed by atoms with Crippen LogP contribution in [0, 0.1) is 17.2 Å². The number of pyridine rings is 1. The highest BCUT2D eigenvalue weighted by atomic mass is 35.5. The summed E-state index contributed by atoms with van der Waals surface area (Å²) in [5.41, 5.74) is 0.538. The molecule has 1 atom stereocenters. The summed E-state index contributed by atoms with van der Waals surface area (Å²) in [5, 5.41) is 12.4. The van der Waals surface area contributed by atoms with Crippen LogP contribution >= 0.6 is 11.6 Å². The fraction of sp³-hybridized carbons (Fsp3) is 0.500. The lowest BCUT2D eigenvalue weighted by atomic mass is 10.1. The van der Waals surface area contributed by atoms with E-state index >= 15 is 0 Å². The van der Waals surface area contributed by atoms with Crippen molar-refractivity contribution in [3.05, 3.63) is 22.8 Å². The number of anilines is 1. The van der Waals surface area contributed by atoms with Gasteiger partial charge in [-0.05, 0) is 38.1 Å². The Kier molecular flexibility index (Phi) is 3.82. The van der Waals surface area contributed by atoms with Crippen LogP contribution in [0.25, 0.3) is 0 Å². The summed E-state index contributed by atoms with van der Waals surface area (Å²) in [7, 11) is 2.13. The number of halogens is 1. The zero-order valence-electron chi connectivity index (χ0n) is 9.78. The van der Waals surface area contributed by atoms with E-state index in [-0.39, 0.29) is 0 Å². The third-order valence-electron chi connectivity index (χ3n) is 2.98. The van der Waals surface area contributed by atoms with Gasteiger partial charge in [0.2, 0.25) is 0 Å². The van der Waals surface area contributed by atoms with Gasteiger partial charge in [0.25, 0.3) is 0 Å². The van der Waals surface area contributed by atoms with Crippen LogP contribution in [0.5, 0.6) is 0 Å². The van der Waals surface area contributed by atoms with Gasteiger partial charge in [0.1, 0.15) is 11.0 Å². The van der Waals surface area contributed by atoms with Crippen molar-refractivity contribution in [1.29, 1.82) is 5.26 Å². The summed E-state index contributed by atoms with van der Waals surface area (Å²) < 4.78 is 0. The molecule has 90 valence electrons. The van der Waals surface area contributed by atoms with E-state index in [9.17, 15) is 0 Å². The van der Waals surface area contributed by atoms with Crippen LogP contribution in [0.4, 0.5) is 5.82 Å². The predicted molar refractivity (Wildman–Crippen MR) is 68.1 cm³/mol. The van der Waals surface area contributed by atoms with Gasteiger partial charge in [-0.25, -0.2) is 4.98 Å². The van der Waals surface area contributed by atoms with Crippen LogP contribution in [0.1, 0.15) is 12.0 Å². The molecule has 0 amide bonds. The molecule has 2 rings (SSSR count). The molecule has 5 heteroatoms. The first-order valence-corrected chi connectivity index (χ1v) is 6.05. The molecule has 2 heterocycles. The molecule has 1 aliphatic heterocycles. The number of likely N-dealkylation sites (tertiary alicyclic amines) is 1. The molecule has 1 unspecified atom stereocenters. The van der Waals surface area contributed by atoms with Crippen molar-refractivity contribution in [1.82, 2.24) is 9.88 Å². The van der Waals surface area contributed by atoms with E-state index in [0.29, 0.717) is 22.5 Å². The Balaban J connectivity index is 1.95. The number of hydrogen-bond acceptors (Lipinski definition) is 4. The molecule has 0 aliphatic carbocycles. The molecule has 1 fully saturated rings. The molecular formula is C12H15ClN4. The maximum absolute atomic E-state index is 8.83. The van der Waals surface area contributed by atoms with Crippen LogP contribution in [0.2, 0.25) is 5.15 Å². The summed E-state index contributed by atoms with van der Waals surface area (Å²) in [6.07, 6.45) is 1.20. The van der Waals surface area contributed by atoms with Crippen molar-refractivity contribution in [3.63, 3.8) is 0 Å². The Morgan fingerprint density at radius 2 is 2.47 bits per heavy atom. The summed E-state index contributed by atoms with van der Waals surface area (Å²) in [5.74, 6) is 1.33. The lowest BCUT2D eigenvalue weighted by molar-refractivity contribution is 0.399. The molecular weight excluding hydrogens is 236 g/mol. The van der Waals surface area contributed by atoms with Gasteiger partial charge in [-0.15, -0.1) is 0 Å². The molecule has 0 radical (unpaired) electrons. The van der Waals surface area contributed by atoms with Crippen molar-refractivity contribution < 1.29 is 0 Å². The molecule has 0 bridgehead atoms. The fourth-order valence-corrected chi connectivity index (χ4v) is 2.30. The van der Waals surface area contributed by atoms with E-state index in [4.69, 9.17) is 16.9 Å². The zero-order chi connectivity index (χ0) is 12.3. The van der Waals surface area contributed by atoms with Gasteiger partial charge in [-0.1, -0.05) is 11.6 Å². The molecule has 0 saturated carbocycles. The predicted octanol–water partition coefficient (Wildman–Crippen LogP) is 1.97. The zero-order valence-corrected chi connectivity index (χ0v) is 10.5. The van der Waals surface area contributed by atoms with Gasteiger partial charge in [-0.2, -0.15) is 5.26 Å². The Hall–Kier alpha value is -1.31. The Labute approximate surface area is 106 Å². The van der Waals surface area contributed by atoms with Crippen LogP contribution < -0.4 is 5.32 Å². The van der Waals surface area contributed by atoms with E-state index in [0.717, 1.165) is 19.6 Å². The molecule has 1 N–H and O–H groups in total. The molecule has 1 aromatic rings. The van der Waals surface area contributed by atoms with Gasteiger partial charge < -0.3 is 10.2 Å². The highest BCUT2D eigenvalue weighted by molar-refractivity contribution is 6.29.